The van der Waals surface area contributed by atoms with Gasteiger partial charge in [0, 0.05) is 13.1 Å². The van der Waals surface area contributed by atoms with Crippen molar-refractivity contribution < 1.29 is 9.53 Å². The van der Waals surface area contributed by atoms with Crippen molar-refractivity contribution in [3.63, 3.8) is 0 Å². The van der Waals surface area contributed by atoms with Gasteiger partial charge in [0.15, 0.2) is 5.82 Å². The molecule has 0 saturated carbocycles. The normalized spacial score (nSPS) is 15.7. The summed E-state index contributed by atoms with van der Waals surface area (Å²) in [5.74, 6) is 5.99. The summed E-state index contributed by atoms with van der Waals surface area (Å²) < 4.78 is 8.26. The minimum Gasteiger partial charge on any atom is -0.495 e. The van der Waals surface area contributed by atoms with Gasteiger partial charge in [-0.3, -0.25) is 14.3 Å². The number of likely N-dealkylation sites (tertiary alicyclic amines) is 1. The molecule has 4 aromatic rings. The Hall–Kier alpha value is -3.84. The van der Waals surface area contributed by atoms with Crippen molar-refractivity contribution in [2.24, 2.45) is 0 Å². The van der Waals surface area contributed by atoms with E-state index in [1.54, 1.807) is 23.6 Å². The fraction of sp³-hybridized carbons (Fsp3) is 0.304. The first kappa shape index (κ1) is 21.0. The van der Waals surface area contributed by atoms with Gasteiger partial charge in [-0.2, -0.15) is 10.2 Å². The van der Waals surface area contributed by atoms with Crippen LogP contribution in [-0.2, 0) is 4.79 Å². The number of aromatic nitrogens is 4. The van der Waals surface area contributed by atoms with E-state index in [2.05, 4.69) is 28.1 Å². The lowest BCUT2D eigenvalue weighted by molar-refractivity contribution is -0.124. The first-order chi connectivity index (χ1) is 15.9. The Bertz CT molecular complexity index is 1540. The number of ether oxygens (including phenoxy) is 1. The number of anilines is 1. The van der Waals surface area contributed by atoms with Crippen LogP contribution in [0.4, 0.5) is 5.82 Å². The number of aryl methyl sites for hydroxylation is 1. The minimum absolute atomic E-state index is 0.169. The van der Waals surface area contributed by atoms with E-state index >= 15 is 0 Å². The molecule has 0 bridgehead atoms. The highest BCUT2D eigenvalue weighted by Crippen LogP contribution is 2.42. The molecule has 9 nitrogen and oxygen atoms in total. The summed E-state index contributed by atoms with van der Waals surface area (Å²) in [6, 6.07) is 5.94. The second kappa shape index (κ2) is 7.94. The molecule has 168 valence electrons. The van der Waals surface area contributed by atoms with Gasteiger partial charge in [-0.15, -0.1) is 11.3 Å². The molecule has 5 rings (SSSR count). The van der Waals surface area contributed by atoms with Gasteiger partial charge in [0.05, 0.1) is 28.1 Å². The number of hydrogen-bond donors (Lipinski definition) is 2. The Balaban J connectivity index is 1.68. The highest BCUT2D eigenvalue weighted by Gasteiger charge is 2.31. The fourth-order valence-corrected chi connectivity index (χ4v) is 5.52. The number of aromatic amines is 1. The quantitative estimate of drug-likeness (QED) is 0.452. The Morgan fingerprint density at radius 3 is 2.94 bits per heavy atom. The van der Waals surface area contributed by atoms with Crippen LogP contribution in [-0.4, -0.2) is 51.0 Å². The van der Waals surface area contributed by atoms with Crippen LogP contribution in [0.5, 0.6) is 5.75 Å². The SMILES string of the molecule is CC#CC(=O)N1CC[C@H](n2nc(-c3cc4cc(C)cc(OC)c4s3)c3c(N)n[nH]c(=O)c32)C1. The third-order valence-electron chi connectivity index (χ3n) is 5.87. The Labute approximate surface area is 193 Å². The lowest BCUT2D eigenvalue weighted by Gasteiger charge is -2.14. The predicted octanol–water partition coefficient (Wildman–Crippen LogP) is 2.70. The van der Waals surface area contributed by atoms with E-state index in [0.717, 1.165) is 26.3 Å². The standard InChI is InChI=1S/C23H22N6O3S/c1-4-5-17(30)28-7-6-14(11-28)29-20-18(22(24)25-26-23(20)31)19(27-29)16-10-13-8-12(2)9-15(32-3)21(13)33-16/h8-10,14H,6-7,11H2,1-3H3,(H2,24,25)(H,26,31)/t14-/m0/s1. The van der Waals surface area contributed by atoms with Crippen LogP contribution in [0.3, 0.4) is 0 Å². The van der Waals surface area contributed by atoms with E-state index < -0.39 is 0 Å². The number of nitrogens with two attached hydrogens (primary N) is 1. The van der Waals surface area contributed by atoms with Gasteiger partial charge >= 0.3 is 0 Å². The van der Waals surface area contributed by atoms with Gasteiger partial charge in [0.2, 0.25) is 0 Å². The molecule has 1 saturated heterocycles. The van der Waals surface area contributed by atoms with Crippen molar-refractivity contribution in [1.82, 2.24) is 24.9 Å². The summed E-state index contributed by atoms with van der Waals surface area (Å²) in [4.78, 5) is 27.6. The molecule has 0 spiro atoms. The molecule has 1 amide bonds. The number of nitrogens with one attached hydrogen (secondary N) is 1. The molecule has 1 aromatic carbocycles. The average molecular weight is 463 g/mol. The van der Waals surface area contributed by atoms with E-state index in [1.807, 2.05) is 19.1 Å². The lowest BCUT2D eigenvalue weighted by atomic mass is 10.1. The summed E-state index contributed by atoms with van der Waals surface area (Å²) in [7, 11) is 1.65. The van der Waals surface area contributed by atoms with Gasteiger partial charge in [0.25, 0.3) is 11.5 Å². The Morgan fingerprint density at radius 1 is 1.36 bits per heavy atom. The second-order valence-electron chi connectivity index (χ2n) is 8.02. The molecular formula is C23H22N6O3S. The number of carbonyl (C=O) groups excluding carboxylic acids is 1. The zero-order valence-electron chi connectivity index (χ0n) is 18.4. The maximum atomic E-state index is 12.8. The first-order valence-corrected chi connectivity index (χ1v) is 11.3. The van der Waals surface area contributed by atoms with E-state index in [-0.39, 0.29) is 23.3 Å². The van der Waals surface area contributed by atoms with Crippen LogP contribution < -0.4 is 16.0 Å². The maximum absolute atomic E-state index is 12.8. The van der Waals surface area contributed by atoms with Crippen molar-refractivity contribution in [2.75, 3.05) is 25.9 Å². The van der Waals surface area contributed by atoms with Gasteiger partial charge in [-0.25, -0.2) is 5.10 Å². The van der Waals surface area contributed by atoms with Gasteiger partial charge < -0.3 is 15.4 Å². The van der Waals surface area contributed by atoms with E-state index in [0.29, 0.717) is 36.1 Å². The molecule has 3 N–H and O–H groups in total. The minimum atomic E-state index is -0.370. The number of carbonyl (C=O) groups is 1. The zero-order chi connectivity index (χ0) is 23.3. The average Bonchev–Trinajstić information content (AvgIpc) is 3.52. The smallest absolute Gasteiger partial charge is 0.298 e. The van der Waals surface area contributed by atoms with Crippen molar-refractivity contribution in [3.05, 3.63) is 34.1 Å². The summed E-state index contributed by atoms with van der Waals surface area (Å²) in [6.07, 6.45) is 0.661. The zero-order valence-corrected chi connectivity index (χ0v) is 19.2. The van der Waals surface area contributed by atoms with Crippen LogP contribution in [0.1, 0.15) is 24.9 Å². The van der Waals surface area contributed by atoms with E-state index in [1.165, 1.54) is 11.3 Å². The maximum Gasteiger partial charge on any atom is 0.298 e. The van der Waals surface area contributed by atoms with Gasteiger partial charge in [-0.05, 0) is 49.3 Å². The highest BCUT2D eigenvalue weighted by molar-refractivity contribution is 7.22. The van der Waals surface area contributed by atoms with Crippen molar-refractivity contribution in [3.8, 4) is 28.2 Å². The molecule has 4 heterocycles. The topological polar surface area (TPSA) is 119 Å². The monoisotopic (exact) mass is 462 g/mol. The summed E-state index contributed by atoms with van der Waals surface area (Å²) >= 11 is 1.53. The summed E-state index contributed by atoms with van der Waals surface area (Å²) in [6.45, 7) is 4.62. The van der Waals surface area contributed by atoms with Crippen LogP contribution in [0.25, 0.3) is 31.6 Å². The van der Waals surface area contributed by atoms with Crippen LogP contribution in [0.2, 0.25) is 0 Å². The number of fused-ring (bicyclic) bond motifs is 2. The van der Waals surface area contributed by atoms with Crippen molar-refractivity contribution in [2.45, 2.75) is 26.3 Å². The molecule has 10 heteroatoms. The van der Waals surface area contributed by atoms with Crippen molar-refractivity contribution in [1.29, 1.82) is 0 Å². The highest BCUT2D eigenvalue weighted by atomic mass is 32.1. The van der Waals surface area contributed by atoms with Gasteiger partial charge in [-0.1, -0.05) is 12.0 Å². The van der Waals surface area contributed by atoms with Gasteiger partial charge in [0.1, 0.15) is 17.0 Å². The third-order valence-corrected chi connectivity index (χ3v) is 7.04. The first-order valence-electron chi connectivity index (χ1n) is 10.5. The molecule has 0 unspecified atom stereocenters. The number of benzene rings is 1. The number of amides is 1. The molecule has 1 atom stereocenters. The fourth-order valence-electron chi connectivity index (χ4n) is 4.40. The predicted molar refractivity (Wildman–Crippen MR) is 128 cm³/mol. The number of nitrogen functional groups attached to an aromatic ring is 1. The number of methoxy groups -OCH3 is 1. The summed E-state index contributed by atoms with van der Waals surface area (Å²) in [5.41, 5.74) is 7.90. The molecule has 0 aliphatic carbocycles. The molecule has 1 aliphatic heterocycles. The van der Waals surface area contributed by atoms with Crippen molar-refractivity contribution >= 4 is 44.1 Å². The molecular weight excluding hydrogens is 440 g/mol. The molecule has 1 aliphatic rings. The number of rotatable bonds is 3. The Morgan fingerprint density at radius 2 is 2.18 bits per heavy atom. The Kier molecular flexibility index (Phi) is 5.06. The summed E-state index contributed by atoms with van der Waals surface area (Å²) in [5, 5.41) is 12.8. The lowest BCUT2D eigenvalue weighted by Crippen LogP contribution is -2.28. The molecule has 0 radical (unpaired) electrons. The van der Waals surface area contributed by atoms with Crippen LogP contribution >= 0.6 is 11.3 Å². The molecule has 1 fully saturated rings. The third kappa shape index (κ3) is 3.41. The number of thiophene rings is 1. The van der Waals surface area contributed by atoms with E-state index in [9.17, 15) is 9.59 Å². The number of hydrogen-bond acceptors (Lipinski definition) is 7. The van der Waals surface area contributed by atoms with Crippen LogP contribution in [0, 0.1) is 18.8 Å². The van der Waals surface area contributed by atoms with Crippen LogP contribution in [0.15, 0.2) is 23.0 Å². The largest absolute Gasteiger partial charge is 0.495 e. The second-order valence-corrected chi connectivity index (χ2v) is 9.07. The molecule has 3 aromatic heterocycles. The molecule has 33 heavy (non-hydrogen) atoms. The number of H-pyrrole nitrogens is 1. The van der Waals surface area contributed by atoms with E-state index in [4.69, 9.17) is 15.6 Å². The number of nitrogens with zero attached hydrogens (tertiary/aromatic N) is 4.